The van der Waals surface area contributed by atoms with E-state index in [-0.39, 0.29) is 22.5 Å². The van der Waals surface area contributed by atoms with Crippen LogP contribution in [-0.2, 0) is 16.6 Å². The van der Waals surface area contributed by atoms with E-state index < -0.39 is 10.0 Å². The zero-order valence-electron chi connectivity index (χ0n) is 13.2. The van der Waals surface area contributed by atoms with Crippen molar-refractivity contribution in [1.29, 1.82) is 0 Å². The van der Waals surface area contributed by atoms with Crippen molar-refractivity contribution in [3.05, 3.63) is 52.7 Å². The number of sulfonamides is 1. The van der Waals surface area contributed by atoms with Gasteiger partial charge in [-0.05, 0) is 29.8 Å². The second-order valence-electron chi connectivity index (χ2n) is 5.30. The smallest absolute Gasteiger partial charge is 0.251 e. The van der Waals surface area contributed by atoms with Crippen molar-refractivity contribution in [2.45, 2.75) is 11.4 Å². The van der Waals surface area contributed by atoms with Crippen LogP contribution in [0.2, 0.25) is 5.15 Å². The van der Waals surface area contributed by atoms with E-state index in [2.05, 4.69) is 10.3 Å². The fraction of sp³-hybridized carbons (Fsp3) is 0.200. The van der Waals surface area contributed by atoms with Crippen LogP contribution in [0.4, 0.5) is 5.82 Å². The SMILES string of the molecule is CN(C)c1cc(C(=O)NCc2ccc(S(N)(=O)=O)cc2)cc(Cl)n1. The zero-order valence-corrected chi connectivity index (χ0v) is 14.7. The Labute approximate surface area is 145 Å². The van der Waals surface area contributed by atoms with Gasteiger partial charge in [0.2, 0.25) is 10.0 Å². The molecule has 0 saturated heterocycles. The molecule has 0 aliphatic carbocycles. The number of rotatable bonds is 5. The fourth-order valence-corrected chi connectivity index (χ4v) is 2.64. The molecule has 1 heterocycles. The molecule has 0 unspecified atom stereocenters. The van der Waals surface area contributed by atoms with Gasteiger partial charge in [-0.3, -0.25) is 4.79 Å². The van der Waals surface area contributed by atoms with Crippen LogP contribution in [0, 0.1) is 0 Å². The quantitative estimate of drug-likeness (QED) is 0.775. The van der Waals surface area contributed by atoms with Crippen LogP contribution in [-0.4, -0.2) is 33.4 Å². The number of anilines is 1. The number of pyridine rings is 1. The number of hydrogen-bond donors (Lipinski definition) is 2. The number of amides is 1. The van der Waals surface area contributed by atoms with E-state index in [4.69, 9.17) is 16.7 Å². The summed E-state index contributed by atoms with van der Waals surface area (Å²) in [6, 6.07) is 9.07. The summed E-state index contributed by atoms with van der Waals surface area (Å²) in [4.78, 5) is 18.1. The molecule has 1 aromatic heterocycles. The summed E-state index contributed by atoms with van der Waals surface area (Å²) in [6.45, 7) is 0.237. The van der Waals surface area contributed by atoms with Crippen LogP contribution < -0.4 is 15.4 Å². The molecule has 7 nitrogen and oxygen atoms in total. The topological polar surface area (TPSA) is 105 Å². The summed E-state index contributed by atoms with van der Waals surface area (Å²) in [6.07, 6.45) is 0. The Bertz CT molecular complexity index is 852. The lowest BCUT2D eigenvalue weighted by atomic mass is 10.2. The van der Waals surface area contributed by atoms with Crippen molar-refractivity contribution in [3.8, 4) is 0 Å². The molecule has 24 heavy (non-hydrogen) atoms. The molecule has 2 rings (SSSR count). The first-order valence-corrected chi connectivity index (χ1v) is 8.84. The number of aromatic nitrogens is 1. The maximum absolute atomic E-state index is 12.2. The molecule has 9 heteroatoms. The number of nitrogens with zero attached hydrogens (tertiary/aromatic N) is 2. The minimum Gasteiger partial charge on any atom is -0.363 e. The largest absolute Gasteiger partial charge is 0.363 e. The lowest BCUT2D eigenvalue weighted by Crippen LogP contribution is -2.23. The number of benzene rings is 1. The molecule has 0 atom stereocenters. The van der Waals surface area contributed by atoms with Gasteiger partial charge >= 0.3 is 0 Å². The number of primary sulfonamides is 1. The summed E-state index contributed by atoms with van der Waals surface area (Å²) in [5.74, 6) is 0.267. The number of carbonyl (C=O) groups excluding carboxylic acids is 1. The van der Waals surface area contributed by atoms with Crippen molar-refractivity contribution >= 4 is 33.3 Å². The Balaban J connectivity index is 2.08. The van der Waals surface area contributed by atoms with E-state index in [1.807, 2.05) is 0 Å². The van der Waals surface area contributed by atoms with E-state index in [0.29, 0.717) is 11.4 Å². The average molecular weight is 369 g/mol. The monoisotopic (exact) mass is 368 g/mol. The maximum atomic E-state index is 12.2. The summed E-state index contributed by atoms with van der Waals surface area (Å²) in [5, 5.41) is 8.01. The van der Waals surface area contributed by atoms with Gasteiger partial charge in [0.25, 0.3) is 5.91 Å². The Morgan fingerprint density at radius 2 is 1.88 bits per heavy atom. The molecule has 0 saturated carbocycles. The van der Waals surface area contributed by atoms with Crippen molar-refractivity contribution in [3.63, 3.8) is 0 Å². The third-order valence-corrected chi connectivity index (χ3v) is 4.33. The van der Waals surface area contributed by atoms with Crippen LogP contribution in [0.15, 0.2) is 41.3 Å². The highest BCUT2D eigenvalue weighted by atomic mass is 35.5. The number of carbonyl (C=O) groups is 1. The van der Waals surface area contributed by atoms with E-state index in [9.17, 15) is 13.2 Å². The van der Waals surface area contributed by atoms with E-state index in [1.54, 1.807) is 37.2 Å². The second-order valence-corrected chi connectivity index (χ2v) is 7.25. The standard InChI is InChI=1S/C15H17ClN4O3S/c1-20(2)14-8-11(7-13(16)19-14)15(21)18-9-10-3-5-12(6-4-10)24(17,22)23/h3-8H,9H2,1-2H3,(H,18,21)(H2,17,22,23). The predicted molar refractivity (Wildman–Crippen MR) is 92.6 cm³/mol. The first-order chi connectivity index (χ1) is 11.2. The van der Waals surface area contributed by atoms with E-state index >= 15 is 0 Å². The van der Waals surface area contributed by atoms with Crippen LogP contribution in [0.25, 0.3) is 0 Å². The molecule has 128 valence electrons. The molecule has 0 radical (unpaired) electrons. The van der Waals surface area contributed by atoms with Gasteiger partial charge in [-0.1, -0.05) is 23.7 Å². The Kier molecular flexibility index (Phi) is 5.43. The molecule has 0 bridgehead atoms. The zero-order chi connectivity index (χ0) is 17.9. The van der Waals surface area contributed by atoms with Gasteiger partial charge in [-0.2, -0.15) is 0 Å². The van der Waals surface area contributed by atoms with Gasteiger partial charge in [-0.15, -0.1) is 0 Å². The Hall–Kier alpha value is -2.16. The predicted octanol–water partition coefficient (Wildman–Crippen LogP) is 1.38. The molecule has 0 aliphatic rings. The van der Waals surface area contributed by atoms with E-state index in [1.165, 1.54) is 18.2 Å². The summed E-state index contributed by atoms with van der Waals surface area (Å²) in [7, 11) is -0.127. The average Bonchev–Trinajstić information content (AvgIpc) is 2.51. The summed E-state index contributed by atoms with van der Waals surface area (Å²) >= 11 is 5.93. The van der Waals surface area contributed by atoms with Crippen molar-refractivity contribution < 1.29 is 13.2 Å². The summed E-state index contributed by atoms with van der Waals surface area (Å²) < 4.78 is 22.4. The number of nitrogens with one attached hydrogen (secondary N) is 1. The molecular formula is C15H17ClN4O3S. The van der Waals surface area contributed by atoms with Gasteiger partial charge in [0, 0.05) is 26.2 Å². The third-order valence-electron chi connectivity index (χ3n) is 3.21. The normalized spacial score (nSPS) is 11.2. The molecule has 0 fully saturated rings. The van der Waals surface area contributed by atoms with Crippen molar-refractivity contribution in [2.75, 3.05) is 19.0 Å². The van der Waals surface area contributed by atoms with Gasteiger partial charge < -0.3 is 10.2 Å². The van der Waals surface area contributed by atoms with Gasteiger partial charge in [0.05, 0.1) is 4.90 Å². The van der Waals surface area contributed by atoms with Crippen LogP contribution >= 0.6 is 11.6 Å². The minimum absolute atomic E-state index is 0.0223. The van der Waals surface area contributed by atoms with Crippen molar-refractivity contribution in [2.24, 2.45) is 5.14 Å². The highest BCUT2D eigenvalue weighted by molar-refractivity contribution is 7.89. The highest BCUT2D eigenvalue weighted by Gasteiger charge is 2.11. The Morgan fingerprint density at radius 1 is 1.25 bits per heavy atom. The Morgan fingerprint density at radius 3 is 2.42 bits per heavy atom. The highest BCUT2D eigenvalue weighted by Crippen LogP contribution is 2.16. The number of halogens is 1. The van der Waals surface area contributed by atoms with Gasteiger partial charge in [-0.25, -0.2) is 18.5 Å². The summed E-state index contributed by atoms with van der Waals surface area (Å²) in [5.41, 5.74) is 1.13. The fourth-order valence-electron chi connectivity index (χ4n) is 1.92. The number of nitrogens with two attached hydrogens (primary N) is 1. The first-order valence-electron chi connectivity index (χ1n) is 6.91. The molecule has 0 spiro atoms. The molecule has 1 aromatic carbocycles. The first kappa shape index (κ1) is 18.2. The molecule has 1 amide bonds. The van der Waals surface area contributed by atoms with Crippen LogP contribution in [0.3, 0.4) is 0 Å². The maximum Gasteiger partial charge on any atom is 0.251 e. The number of hydrogen-bond acceptors (Lipinski definition) is 5. The lowest BCUT2D eigenvalue weighted by Gasteiger charge is -2.13. The van der Waals surface area contributed by atoms with Crippen LogP contribution in [0.1, 0.15) is 15.9 Å². The lowest BCUT2D eigenvalue weighted by molar-refractivity contribution is 0.0951. The van der Waals surface area contributed by atoms with Gasteiger partial charge in [0.1, 0.15) is 11.0 Å². The second kappa shape index (κ2) is 7.16. The van der Waals surface area contributed by atoms with Crippen LogP contribution in [0.5, 0.6) is 0 Å². The van der Waals surface area contributed by atoms with Gasteiger partial charge in [0.15, 0.2) is 0 Å². The molecule has 3 N–H and O–H groups in total. The van der Waals surface area contributed by atoms with E-state index in [0.717, 1.165) is 5.56 Å². The molecule has 2 aromatic rings. The molecular weight excluding hydrogens is 352 g/mol. The van der Waals surface area contributed by atoms with Crippen molar-refractivity contribution in [1.82, 2.24) is 10.3 Å². The minimum atomic E-state index is -3.73. The third kappa shape index (κ3) is 4.67. The molecule has 0 aliphatic heterocycles.